The van der Waals surface area contributed by atoms with Crippen LogP contribution in [-0.2, 0) is 10.2 Å². The Labute approximate surface area is 145 Å². The highest BCUT2D eigenvalue weighted by molar-refractivity contribution is 5.67. The molecule has 1 saturated heterocycles. The summed E-state index contributed by atoms with van der Waals surface area (Å²) in [5.74, 6) is 0. The summed E-state index contributed by atoms with van der Waals surface area (Å²) in [6, 6.07) is 9.56. The number of methoxy groups -OCH3 is 1. The molecule has 132 valence electrons. The van der Waals surface area contributed by atoms with E-state index in [2.05, 4.69) is 36.5 Å². The molecule has 0 atom stereocenters. The van der Waals surface area contributed by atoms with Crippen molar-refractivity contribution in [1.29, 1.82) is 0 Å². The van der Waals surface area contributed by atoms with Crippen LogP contribution in [-0.4, -0.2) is 43.8 Å². The molecule has 1 heterocycles. The van der Waals surface area contributed by atoms with Gasteiger partial charge in [0.1, 0.15) is 0 Å². The Morgan fingerprint density at radius 2 is 2.00 bits per heavy atom. The summed E-state index contributed by atoms with van der Waals surface area (Å²) in [5.41, 5.74) is 3.15. The third kappa shape index (κ3) is 3.75. The third-order valence-corrected chi connectivity index (χ3v) is 5.85. The van der Waals surface area contributed by atoms with E-state index in [0.29, 0.717) is 11.5 Å². The molecule has 0 radical (unpaired) electrons. The lowest BCUT2D eigenvalue weighted by Gasteiger charge is -2.36. The summed E-state index contributed by atoms with van der Waals surface area (Å²) in [6.07, 6.45) is 7.06. The molecule has 1 aromatic rings. The number of benzene rings is 1. The Bertz CT molecular complexity index is 559. The second-order valence-electron chi connectivity index (χ2n) is 7.47. The van der Waals surface area contributed by atoms with Gasteiger partial charge in [-0.2, -0.15) is 0 Å². The fourth-order valence-corrected chi connectivity index (χ4v) is 4.33. The highest BCUT2D eigenvalue weighted by Crippen LogP contribution is 2.41. The number of hydrogen-bond donors (Lipinski definition) is 1. The number of aryl methyl sites for hydroxylation is 1. The second kappa shape index (κ2) is 7.56. The molecule has 2 fully saturated rings. The van der Waals surface area contributed by atoms with Gasteiger partial charge in [-0.15, -0.1) is 0 Å². The van der Waals surface area contributed by atoms with Crippen molar-refractivity contribution >= 4 is 6.09 Å². The Morgan fingerprint density at radius 3 is 2.62 bits per heavy atom. The molecule has 0 unspecified atom stereocenters. The minimum absolute atomic E-state index is 0.194. The van der Waals surface area contributed by atoms with E-state index in [1.807, 2.05) is 4.90 Å². The van der Waals surface area contributed by atoms with E-state index in [9.17, 15) is 4.79 Å². The van der Waals surface area contributed by atoms with Crippen molar-refractivity contribution in [1.82, 2.24) is 10.2 Å². The number of hydrogen-bond acceptors (Lipinski definition) is 3. The van der Waals surface area contributed by atoms with Crippen molar-refractivity contribution in [3.05, 3.63) is 35.4 Å². The Kier molecular flexibility index (Phi) is 5.44. The van der Waals surface area contributed by atoms with Crippen LogP contribution in [0.3, 0.4) is 0 Å². The van der Waals surface area contributed by atoms with Gasteiger partial charge in [-0.3, -0.25) is 0 Å². The van der Waals surface area contributed by atoms with E-state index in [-0.39, 0.29) is 6.09 Å². The minimum Gasteiger partial charge on any atom is -0.453 e. The van der Waals surface area contributed by atoms with Gasteiger partial charge in [0.25, 0.3) is 0 Å². The molecule has 0 aromatic heterocycles. The molecule has 4 heteroatoms. The predicted octanol–water partition coefficient (Wildman–Crippen LogP) is 3.63. The number of carbonyl (C=O) groups excluding carboxylic acids is 1. The monoisotopic (exact) mass is 330 g/mol. The van der Waals surface area contributed by atoms with Gasteiger partial charge in [0.15, 0.2) is 0 Å². The number of amides is 1. The first kappa shape index (κ1) is 17.3. The zero-order chi connectivity index (χ0) is 17.0. The standard InChI is InChI=1S/C20H30N2O2/c1-16-6-5-7-17(14-16)20(10-3-4-11-20)15-21-18-8-12-22(13-9-18)19(23)24-2/h5-7,14,18,21H,3-4,8-13,15H2,1-2H3. The van der Waals surface area contributed by atoms with Crippen LogP contribution >= 0.6 is 0 Å². The molecule has 2 aliphatic rings. The van der Waals surface area contributed by atoms with Gasteiger partial charge in [-0.05, 0) is 38.2 Å². The van der Waals surface area contributed by atoms with Crippen LogP contribution in [0.25, 0.3) is 0 Å². The SMILES string of the molecule is COC(=O)N1CCC(NCC2(c3cccc(C)c3)CCCC2)CC1. The lowest BCUT2D eigenvalue weighted by atomic mass is 9.78. The fraction of sp³-hybridized carbons (Fsp3) is 0.650. The first-order valence-electron chi connectivity index (χ1n) is 9.26. The smallest absolute Gasteiger partial charge is 0.409 e. The number of piperidine rings is 1. The maximum atomic E-state index is 11.6. The molecule has 0 bridgehead atoms. The summed E-state index contributed by atoms with van der Waals surface area (Å²) in [7, 11) is 1.46. The van der Waals surface area contributed by atoms with E-state index in [1.165, 1.54) is 43.9 Å². The summed E-state index contributed by atoms with van der Waals surface area (Å²) in [5, 5.41) is 3.82. The molecule has 1 aromatic carbocycles. The molecule has 0 spiro atoms. The number of carbonyl (C=O) groups is 1. The number of likely N-dealkylation sites (tertiary alicyclic amines) is 1. The van der Waals surface area contributed by atoms with E-state index >= 15 is 0 Å². The quantitative estimate of drug-likeness (QED) is 0.916. The average Bonchev–Trinajstić information content (AvgIpc) is 3.10. The fourth-order valence-electron chi connectivity index (χ4n) is 4.33. The number of ether oxygens (including phenoxy) is 1. The molecule has 1 aliphatic carbocycles. The Hall–Kier alpha value is -1.55. The zero-order valence-electron chi connectivity index (χ0n) is 15.0. The van der Waals surface area contributed by atoms with Gasteiger partial charge >= 0.3 is 6.09 Å². The predicted molar refractivity (Wildman–Crippen MR) is 96.3 cm³/mol. The maximum absolute atomic E-state index is 11.6. The van der Waals surface area contributed by atoms with Crippen molar-refractivity contribution in [3.63, 3.8) is 0 Å². The summed E-state index contributed by atoms with van der Waals surface area (Å²) >= 11 is 0. The van der Waals surface area contributed by atoms with Crippen LogP contribution < -0.4 is 5.32 Å². The maximum Gasteiger partial charge on any atom is 0.409 e. The van der Waals surface area contributed by atoms with E-state index in [4.69, 9.17) is 4.74 Å². The zero-order valence-corrected chi connectivity index (χ0v) is 15.0. The van der Waals surface area contributed by atoms with Crippen molar-refractivity contribution in [3.8, 4) is 0 Å². The third-order valence-electron chi connectivity index (χ3n) is 5.85. The highest BCUT2D eigenvalue weighted by Gasteiger charge is 2.36. The molecule has 1 amide bonds. The van der Waals surface area contributed by atoms with Crippen molar-refractivity contribution < 1.29 is 9.53 Å². The molecule has 24 heavy (non-hydrogen) atoms. The van der Waals surface area contributed by atoms with Crippen molar-refractivity contribution in [2.45, 2.75) is 56.9 Å². The van der Waals surface area contributed by atoms with Crippen LogP contribution in [0.2, 0.25) is 0 Å². The van der Waals surface area contributed by atoms with Crippen molar-refractivity contribution in [2.24, 2.45) is 0 Å². The van der Waals surface area contributed by atoms with Gasteiger partial charge in [-0.1, -0.05) is 42.7 Å². The molecular weight excluding hydrogens is 300 g/mol. The molecule has 1 N–H and O–H groups in total. The number of nitrogens with zero attached hydrogens (tertiary/aromatic N) is 1. The van der Waals surface area contributed by atoms with E-state index in [0.717, 1.165) is 32.5 Å². The molecule has 1 aliphatic heterocycles. The Morgan fingerprint density at radius 1 is 1.29 bits per heavy atom. The summed E-state index contributed by atoms with van der Waals surface area (Å²) in [6.45, 7) is 4.82. The molecule has 3 rings (SSSR count). The largest absolute Gasteiger partial charge is 0.453 e. The lowest BCUT2D eigenvalue weighted by Crippen LogP contribution is -2.48. The van der Waals surface area contributed by atoms with Crippen LogP contribution in [0, 0.1) is 6.92 Å². The Balaban J connectivity index is 1.59. The van der Waals surface area contributed by atoms with Gasteiger partial charge < -0.3 is 15.0 Å². The van der Waals surface area contributed by atoms with Crippen LogP contribution in [0.1, 0.15) is 49.7 Å². The van der Waals surface area contributed by atoms with Gasteiger partial charge in [0.05, 0.1) is 7.11 Å². The van der Waals surface area contributed by atoms with Crippen LogP contribution in [0.4, 0.5) is 4.79 Å². The van der Waals surface area contributed by atoms with Crippen LogP contribution in [0.5, 0.6) is 0 Å². The second-order valence-corrected chi connectivity index (χ2v) is 7.47. The normalized spacial score (nSPS) is 21.0. The van der Waals surface area contributed by atoms with Crippen LogP contribution in [0.15, 0.2) is 24.3 Å². The van der Waals surface area contributed by atoms with Gasteiger partial charge in [-0.25, -0.2) is 4.79 Å². The average molecular weight is 330 g/mol. The number of rotatable bonds is 4. The van der Waals surface area contributed by atoms with E-state index < -0.39 is 0 Å². The lowest BCUT2D eigenvalue weighted by molar-refractivity contribution is 0.109. The van der Waals surface area contributed by atoms with E-state index in [1.54, 1.807) is 0 Å². The first-order valence-corrected chi connectivity index (χ1v) is 9.26. The van der Waals surface area contributed by atoms with Crippen molar-refractivity contribution in [2.75, 3.05) is 26.7 Å². The van der Waals surface area contributed by atoms with Gasteiger partial charge in [0.2, 0.25) is 0 Å². The highest BCUT2D eigenvalue weighted by atomic mass is 16.5. The summed E-state index contributed by atoms with van der Waals surface area (Å²) in [4.78, 5) is 13.4. The summed E-state index contributed by atoms with van der Waals surface area (Å²) < 4.78 is 4.82. The first-order chi connectivity index (χ1) is 11.6. The molecule has 4 nitrogen and oxygen atoms in total. The minimum atomic E-state index is -0.194. The molecule has 1 saturated carbocycles. The molecular formula is C20H30N2O2. The number of nitrogens with one attached hydrogen (secondary N) is 1. The van der Waals surface area contributed by atoms with Gasteiger partial charge in [0, 0.05) is 31.1 Å². The topological polar surface area (TPSA) is 41.6 Å².